The molecule has 1 aliphatic rings. The summed E-state index contributed by atoms with van der Waals surface area (Å²) in [6, 6.07) is 6.42. The number of rotatable bonds is 4. The first kappa shape index (κ1) is 20.4. The molecule has 1 amide bonds. The number of piperazine rings is 1. The number of benzene rings is 1. The molecule has 0 unspecified atom stereocenters. The van der Waals surface area contributed by atoms with Crippen LogP contribution in [0.5, 0.6) is 5.75 Å². The number of halogens is 3. The number of carbonyl (C=O) groups is 1. The van der Waals surface area contributed by atoms with Crippen LogP contribution in [0.15, 0.2) is 46.7 Å². The lowest BCUT2D eigenvalue weighted by Crippen LogP contribution is -2.48. The van der Waals surface area contributed by atoms with Crippen molar-refractivity contribution in [2.45, 2.75) is 12.9 Å². The second-order valence-corrected chi connectivity index (χ2v) is 7.65. The Bertz CT molecular complexity index is 1100. The molecular weight excluding hydrogens is 421 g/mol. The standard InChI is InChI=1S/C19H17F3N4O3S/c20-19(21,22)29-15-3-1-13(2-4-15)17(28)25-7-5-24(6-8-25)12-14-11-16(27)26-9-10-30-18(26)23-14/h1-4,9-11H,5-8,12H2. The van der Waals surface area contributed by atoms with Crippen LogP contribution in [-0.2, 0) is 6.54 Å². The van der Waals surface area contributed by atoms with E-state index in [1.54, 1.807) is 16.5 Å². The molecule has 11 heteroatoms. The fourth-order valence-corrected chi connectivity index (χ4v) is 4.03. The molecule has 3 heterocycles. The molecule has 0 radical (unpaired) electrons. The summed E-state index contributed by atoms with van der Waals surface area (Å²) in [5.74, 6) is -0.612. The van der Waals surface area contributed by atoms with E-state index in [0.29, 0.717) is 48.9 Å². The predicted octanol–water partition coefficient (Wildman–Crippen LogP) is 2.61. The van der Waals surface area contributed by atoms with Crippen molar-refractivity contribution in [1.82, 2.24) is 19.2 Å². The first-order valence-electron chi connectivity index (χ1n) is 9.12. The van der Waals surface area contributed by atoms with Gasteiger partial charge in [0.1, 0.15) is 5.75 Å². The zero-order valence-corrected chi connectivity index (χ0v) is 16.4. The maximum atomic E-state index is 12.6. The fraction of sp³-hybridized carbons (Fsp3) is 0.316. The molecule has 0 aliphatic carbocycles. The van der Waals surface area contributed by atoms with Gasteiger partial charge in [-0.15, -0.1) is 24.5 Å². The Morgan fingerprint density at radius 1 is 1.13 bits per heavy atom. The lowest BCUT2D eigenvalue weighted by Gasteiger charge is -2.34. The van der Waals surface area contributed by atoms with E-state index in [9.17, 15) is 22.8 Å². The minimum absolute atomic E-state index is 0.122. The van der Waals surface area contributed by atoms with Gasteiger partial charge in [-0.05, 0) is 24.3 Å². The van der Waals surface area contributed by atoms with Gasteiger partial charge in [0.15, 0.2) is 4.96 Å². The molecule has 3 aromatic rings. The van der Waals surface area contributed by atoms with Crippen LogP contribution in [-0.4, -0.2) is 57.6 Å². The first-order chi connectivity index (χ1) is 14.3. The van der Waals surface area contributed by atoms with Gasteiger partial charge in [-0.1, -0.05) is 0 Å². The van der Waals surface area contributed by atoms with Crippen molar-refractivity contribution >= 4 is 22.2 Å². The summed E-state index contributed by atoms with van der Waals surface area (Å²) in [4.78, 5) is 33.6. The molecule has 0 atom stereocenters. The molecule has 158 valence electrons. The molecule has 1 saturated heterocycles. The Hall–Kier alpha value is -2.92. The Kier molecular flexibility index (Phi) is 5.48. The third-order valence-electron chi connectivity index (χ3n) is 4.74. The van der Waals surface area contributed by atoms with Crippen molar-refractivity contribution in [3.63, 3.8) is 0 Å². The molecule has 0 spiro atoms. The van der Waals surface area contributed by atoms with Crippen LogP contribution < -0.4 is 10.3 Å². The number of carbonyl (C=O) groups excluding carboxylic acids is 1. The third-order valence-corrected chi connectivity index (χ3v) is 5.49. The number of aromatic nitrogens is 2. The second-order valence-electron chi connectivity index (χ2n) is 6.78. The van der Waals surface area contributed by atoms with E-state index in [1.807, 2.05) is 0 Å². The maximum absolute atomic E-state index is 12.6. The average molecular weight is 438 g/mol. The highest BCUT2D eigenvalue weighted by Crippen LogP contribution is 2.23. The molecular formula is C19H17F3N4O3S. The molecule has 1 fully saturated rings. The Morgan fingerprint density at radius 3 is 2.50 bits per heavy atom. The average Bonchev–Trinajstić information content (AvgIpc) is 3.17. The van der Waals surface area contributed by atoms with Gasteiger partial charge >= 0.3 is 6.36 Å². The number of alkyl halides is 3. The zero-order chi connectivity index (χ0) is 21.3. The lowest BCUT2D eigenvalue weighted by atomic mass is 10.1. The predicted molar refractivity (Wildman–Crippen MR) is 104 cm³/mol. The summed E-state index contributed by atoms with van der Waals surface area (Å²) in [6.07, 6.45) is -3.08. The van der Waals surface area contributed by atoms with Crippen LogP contribution >= 0.6 is 11.3 Å². The first-order valence-corrected chi connectivity index (χ1v) is 10.00. The summed E-state index contributed by atoms with van der Waals surface area (Å²) in [5, 5.41) is 1.81. The number of fused-ring (bicyclic) bond motifs is 1. The number of hydrogen-bond acceptors (Lipinski definition) is 6. The van der Waals surface area contributed by atoms with E-state index in [2.05, 4.69) is 14.6 Å². The number of thiazole rings is 1. The molecule has 30 heavy (non-hydrogen) atoms. The molecule has 7 nitrogen and oxygen atoms in total. The largest absolute Gasteiger partial charge is 0.573 e. The van der Waals surface area contributed by atoms with Gasteiger partial charge in [0.2, 0.25) is 0 Å². The Balaban J connectivity index is 1.34. The highest BCUT2D eigenvalue weighted by Gasteiger charge is 2.31. The summed E-state index contributed by atoms with van der Waals surface area (Å²) >= 11 is 1.39. The van der Waals surface area contributed by atoms with Crippen LogP contribution in [0.3, 0.4) is 0 Å². The molecule has 0 bridgehead atoms. The minimum atomic E-state index is -4.77. The van der Waals surface area contributed by atoms with Crippen molar-refractivity contribution in [3.05, 3.63) is 63.5 Å². The molecule has 4 rings (SSSR count). The van der Waals surface area contributed by atoms with E-state index in [-0.39, 0.29) is 17.2 Å². The summed E-state index contributed by atoms with van der Waals surface area (Å²) in [7, 11) is 0. The number of ether oxygens (including phenoxy) is 1. The molecule has 1 aromatic carbocycles. The molecule has 0 N–H and O–H groups in total. The van der Waals surface area contributed by atoms with Crippen molar-refractivity contribution in [3.8, 4) is 5.75 Å². The van der Waals surface area contributed by atoms with Crippen molar-refractivity contribution in [1.29, 1.82) is 0 Å². The van der Waals surface area contributed by atoms with E-state index >= 15 is 0 Å². The number of amides is 1. The van der Waals surface area contributed by atoms with Gasteiger partial charge < -0.3 is 9.64 Å². The zero-order valence-electron chi connectivity index (χ0n) is 15.6. The van der Waals surface area contributed by atoms with E-state index in [0.717, 1.165) is 12.1 Å². The number of hydrogen-bond donors (Lipinski definition) is 0. The van der Waals surface area contributed by atoms with Crippen molar-refractivity contribution < 1.29 is 22.7 Å². The summed E-state index contributed by atoms with van der Waals surface area (Å²) in [6.45, 7) is 2.66. The van der Waals surface area contributed by atoms with Gasteiger partial charge in [-0.3, -0.25) is 18.9 Å². The van der Waals surface area contributed by atoms with Crippen LogP contribution in [0.25, 0.3) is 4.96 Å². The van der Waals surface area contributed by atoms with Crippen molar-refractivity contribution in [2.24, 2.45) is 0 Å². The minimum Gasteiger partial charge on any atom is -0.406 e. The van der Waals surface area contributed by atoms with Crippen LogP contribution in [0.2, 0.25) is 0 Å². The summed E-state index contributed by atoms with van der Waals surface area (Å²) < 4.78 is 42.0. The van der Waals surface area contributed by atoms with E-state index in [4.69, 9.17) is 0 Å². The van der Waals surface area contributed by atoms with Gasteiger partial charge in [-0.25, -0.2) is 4.98 Å². The molecule has 1 aliphatic heterocycles. The number of nitrogens with zero attached hydrogens (tertiary/aromatic N) is 4. The normalized spacial score (nSPS) is 15.5. The highest BCUT2D eigenvalue weighted by molar-refractivity contribution is 7.15. The van der Waals surface area contributed by atoms with Crippen LogP contribution in [0, 0.1) is 0 Å². The van der Waals surface area contributed by atoms with Crippen LogP contribution in [0.1, 0.15) is 16.1 Å². The fourth-order valence-electron chi connectivity index (χ4n) is 3.29. The molecule has 2 aromatic heterocycles. The van der Waals surface area contributed by atoms with Gasteiger partial charge in [0.25, 0.3) is 11.5 Å². The van der Waals surface area contributed by atoms with Crippen molar-refractivity contribution in [2.75, 3.05) is 26.2 Å². The van der Waals surface area contributed by atoms with E-state index in [1.165, 1.54) is 33.9 Å². The van der Waals surface area contributed by atoms with Gasteiger partial charge in [-0.2, -0.15) is 0 Å². The second kappa shape index (κ2) is 8.07. The maximum Gasteiger partial charge on any atom is 0.573 e. The Morgan fingerprint density at radius 2 is 1.83 bits per heavy atom. The summed E-state index contributed by atoms with van der Waals surface area (Å²) in [5.41, 5.74) is 0.862. The van der Waals surface area contributed by atoms with E-state index < -0.39 is 6.36 Å². The SMILES string of the molecule is O=C(c1ccc(OC(F)(F)F)cc1)N1CCN(Cc2cc(=O)n3ccsc3n2)CC1. The smallest absolute Gasteiger partial charge is 0.406 e. The Labute approximate surface area is 172 Å². The highest BCUT2D eigenvalue weighted by atomic mass is 32.1. The molecule has 0 saturated carbocycles. The van der Waals surface area contributed by atoms with Gasteiger partial charge in [0.05, 0.1) is 5.69 Å². The third kappa shape index (κ3) is 4.62. The topological polar surface area (TPSA) is 67.2 Å². The lowest BCUT2D eigenvalue weighted by molar-refractivity contribution is -0.274. The monoisotopic (exact) mass is 438 g/mol. The van der Waals surface area contributed by atoms with Crippen LogP contribution in [0.4, 0.5) is 13.2 Å². The van der Waals surface area contributed by atoms with Gasteiger partial charge in [0, 0.05) is 55.9 Å². The quantitative estimate of drug-likeness (QED) is 0.627.